The van der Waals surface area contributed by atoms with Crippen LogP contribution < -0.4 is 5.32 Å². The lowest BCUT2D eigenvalue weighted by molar-refractivity contribution is 0.0429. The van der Waals surface area contributed by atoms with E-state index in [4.69, 9.17) is 9.84 Å². The quantitative estimate of drug-likeness (QED) is 0.848. The highest BCUT2D eigenvalue weighted by molar-refractivity contribution is 5.74. The van der Waals surface area contributed by atoms with Crippen LogP contribution in [0.4, 0.5) is 4.79 Å². The molecular formula is C17H26N2O3. The monoisotopic (exact) mass is 306 g/mol. The molecule has 5 nitrogen and oxygen atoms in total. The molecule has 0 saturated carbocycles. The summed E-state index contributed by atoms with van der Waals surface area (Å²) in [6, 6.07) is 9.80. The number of carbonyl (C=O) groups is 1. The Labute approximate surface area is 132 Å². The summed E-state index contributed by atoms with van der Waals surface area (Å²) in [5.41, 5.74) is 1.07. The zero-order chi connectivity index (χ0) is 15.8. The number of amides is 2. The highest BCUT2D eigenvalue weighted by atomic mass is 16.5. The minimum atomic E-state index is -0.0660. The number of likely N-dealkylation sites (tertiary alicyclic amines) is 1. The standard InChI is InChI=1S/C17H26N2O3/c1-22-15-9-5-11-19(13-15)17(21)18-16(10-6-12-20)14-7-3-2-4-8-14/h2-4,7-8,15-16,20H,5-6,9-13H2,1H3,(H,18,21). The second-order valence-corrected chi connectivity index (χ2v) is 5.72. The van der Waals surface area contributed by atoms with Crippen molar-refractivity contribution in [3.8, 4) is 0 Å². The van der Waals surface area contributed by atoms with Crippen molar-refractivity contribution < 1.29 is 14.6 Å². The molecule has 0 spiro atoms. The number of nitrogens with one attached hydrogen (secondary N) is 1. The highest BCUT2D eigenvalue weighted by Crippen LogP contribution is 2.20. The number of methoxy groups -OCH3 is 1. The molecule has 1 aromatic rings. The number of hydrogen-bond acceptors (Lipinski definition) is 3. The lowest BCUT2D eigenvalue weighted by Crippen LogP contribution is -2.48. The van der Waals surface area contributed by atoms with Crippen LogP contribution >= 0.6 is 0 Å². The van der Waals surface area contributed by atoms with Crippen molar-refractivity contribution in [1.29, 1.82) is 0 Å². The third-order valence-electron chi connectivity index (χ3n) is 4.15. The summed E-state index contributed by atoms with van der Waals surface area (Å²) in [6.45, 7) is 1.55. The molecule has 1 aliphatic heterocycles. The number of hydrogen-bond donors (Lipinski definition) is 2. The normalized spacial score (nSPS) is 19.7. The van der Waals surface area contributed by atoms with E-state index in [1.54, 1.807) is 7.11 Å². The van der Waals surface area contributed by atoms with Gasteiger partial charge in [0.15, 0.2) is 0 Å². The van der Waals surface area contributed by atoms with Crippen LogP contribution in [-0.2, 0) is 4.74 Å². The number of nitrogens with zero attached hydrogens (tertiary/aromatic N) is 1. The summed E-state index contributed by atoms with van der Waals surface area (Å²) < 4.78 is 5.37. The molecule has 1 saturated heterocycles. The molecule has 1 heterocycles. The van der Waals surface area contributed by atoms with Crippen molar-refractivity contribution >= 4 is 6.03 Å². The van der Waals surface area contributed by atoms with Gasteiger partial charge in [0.1, 0.15) is 0 Å². The fourth-order valence-electron chi connectivity index (χ4n) is 2.86. The largest absolute Gasteiger partial charge is 0.396 e. The molecule has 0 radical (unpaired) electrons. The second kappa shape index (κ2) is 8.76. The Balaban J connectivity index is 1.98. The number of benzene rings is 1. The van der Waals surface area contributed by atoms with Gasteiger partial charge in [0, 0.05) is 26.8 Å². The van der Waals surface area contributed by atoms with E-state index in [1.807, 2.05) is 35.2 Å². The van der Waals surface area contributed by atoms with Crippen LogP contribution in [0.1, 0.15) is 37.3 Å². The topological polar surface area (TPSA) is 61.8 Å². The molecular weight excluding hydrogens is 280 g/mol. The zero-order valence-corrected chi connectivity index (χ0v) is 13.2. The maximum absolute atomic E-state index is 12.5. The second-order valence-electron chi connectivity index (χ2n) is 5.72. The Bertz CT molecular complexity index is 452. The lowest BCUT2D eigenvalue weighted by Gasteiger charge is -2.33. The third-order valence-corrected chi connectivity index (χ3v) is 4.15. The Morgan fingerprint density at radius 2 is 2.23 bits per heavy atom. The summed E-state index contributed by atoms with van der Waals surface area (Å²) in [7, 11) is 1.69. The summed E-state index contributed by atoms with van der Waals surface area (Å²) in [6.07, 6.45) is 3.51. The van der Waals surface area contributed by atoms with Crippen LogP contribution in [-0.4, -0.2) is 48.9 Å². The summed E-state index contributed by atoms with van der Waals surface area (Å²) >= 11 is 0. The number of urea groups is 1. The van der Waals surface area contributed by atoms with Gasteiger partial charge in [0.2, 0.25) is 0 Å². The van der Waals surface area contributed by atoms with Gasteiger partial charge >= 0.3 is 6.03 Å². The average Bonchev–Trinajstić information content (AvgIpc) is 2.59. The van der Waals surface area contributed by atoms with Crippen LogP contribution in [0.5, 0.6) is 0 Å². The Kier molecular flexibility index (Phi) is 6.68. The molecule has 2 unspecified atom stereocenters. The van der Waals surface area contributed by atoms with Crippen LogP contribution in [0.3, 0.4) is 0 Å². The smallest absolute Gasteiger partial charge is 0.317 e. The SMILES string of the molecule is COC1CCCN(C(=O)NC(CCCO)c2ccccc2)C1. The van der Waals surface area contributed by atoms with E-state index in [0.717, 1.165) is 31.4 Å². The van der Waals surface area contributed by atoms with Crippen molar-refractivity contribution in [1.82, 2.24) is 10.2 Å². The molecule has 0 aromatic heterocycles. The van der Waals surface area contributed by atoms with E-state index in [9.17, 15) is 4.79 Å². The molecule has 2 atom stereocenters. The lowest BCUT2D eigenvalue weighted by atomic mass is 10.0. The number of ether oxygens (including phenoxy) is 1. The maximum Gasteiger partial charge on any atom is 0.317 e. The van der Waals surface area contributed by atoms with E-state index in [-0.39, 0.29) is 24.8 Å². The molecule has 0 bridgehead atoms. The van der Waals surface area contributed by atoms with Crippen molar-refractivity contribution in [3.05, 3.63) is 35.9 Å². The van der Waals surface area contributed by atoms with Gasteiger partial charge in [-0.2, -0.15) is 0 Å². The minimum absolute atomic E-state index is 0.0476. The van der Waals surface area contributed by atoms with Crippen LogP contribution in [0.2, 0.25) is 0 Å². The van der Waals surface area contributed by atoms with E-state index in [1.165, 1.54) is 0 Å². The first kappa shape index (κ1) is 16.8. The van der Waals surface area contributed by atoms with Gasteiger partial charge in [-0.1, -0.05) is 30.3 Å². The molecule has 2 amide bonds. The van der Waals surface area contributed by atoms with Gasteiger partial charge in [-0.15, -0.1) is 0 Å². The van der Waals surface area contributed by atoms with E-state index >= 15 is 0 Å². The van der Waals surface area contributed by atoms with E-state index < -0.39 is 0 Å². The summed E-state index contributed by atoms with van der Waals surface area (Å²) in [5.74, 6) is 0. The van der Waals surface area contributed by atoms with Crippen molar-refractivity contribution in [2.75, 3.05) is 26.8 Å². The molecule has 1 aromatic carbocycles. The molecule has 0 aliphatic carbocycles. The van der Waals surface area contributed by atoms with Crippen molar-refractivity contribution in [2.45, 2.75) is 37.8 Å². The first-order valence-corrected chi connectivity index (χ1v) is 7.98. The van der Waals surface area contributed by atoms with Crippen molar-refractivity contribution in [2.24, 2.45) is 0 Å². The molecule has 1 fully saturated rings. The van der Waals surface area contributed by atoms with Crippen LogP contribution in [0.25, 0.3) is 0 Å². The predicted molar refractivity (Wildman–Crippen MR) is 85.6 cm³/mol. The van der Waals surface area contributed by atoms with Gasteiger partial charge < -0.3 is 20.1 Å². The number of rotatable bonds is 6. The summed E-state index contributed by atoms with van der Waals surface area (Å²) in [5, 5.41) is 12.2. The molecule has 1 aliphatic rings. The fraction of sp³-hybridized carbons (Fsp3) is 0.588. The van der Waals surface area contributed by atoms with Gasteiger partial charge in [0.25, 0.3) is 0 Å². The molecule has 2 N–H and O–H groups in total. The number of carbonyl (C=O) groups excluding carboxylic acids is 1. The average molecular weight is 306 g/mol. The number of aliphatic hydroxyl groups excluding tert-OH is 1. The highest BCUT2D eigenvalue weighted by Gasteiger charge is 2.25. The maximum atomic E-state index is 12.5. The third kappa shape index (κ3) is 4.71. The number of aliphatic hydroxyl groups is 1. The Morgan fingerprint density at radius 3 is 2.91 bits per heavy atom. The Hall–Kier alpha value is -1.59. The first-order chi connectivity index (χ1) is 10.7. The van der Waals surface area contributed by atoms with E-state index in [0.29, 0.717) is 13.0 Å². The fourth-order valence-corrected chi connectivity index (χ4v) is 2.86. The van der Waals surface area contributed by atoms with Gasteiger partial charge in [-0.05, 0) is 31.2 Å². The van der Waals surface area contributed by atoms with Crippen molar-refractivity contribution in [3.63, 3.8) is 0 Å². The molecule has 2 rings (SSSR count). The molecule has 122 valence electrons. The predicted octanol–water partition coefficient (Wildman–Crippen LogP) is 2.32. The van der Waals surface area contributed by atoms with Crippen LogP contribution in [0, 0.1) is 0 Å². The van der Waals surface area contributed by atoms with Gasteiger partial charge in [-0.3, -0.25) is 0 Å². The van der Waals surface area contributed by atoms with E-state index in [2.05, 4.69) is 5.32 Å². The first-order valence-electron chi connectivity index (χ1n) is 7.98. The molecule has 22 heavy (non-hydrogen) atoms. The Morgan fingerprint density at radius 1 is 1.45 bits per heavy atom. The zero-order valence-electron chi connectivity index (χ0n) is 13.2. The van der Waals surface area contributed by atoms with Gasteiger partial charge in [0.05, 0.1) is 12.1 Å². The summed E-state index contributed by atoms with van der Waals surface area (Å²) in [4.78, 5) is 14.3. The number of piperidine rings is 1. The molecule has 5 heteroatoms. The van der Waals surface area contributed by atoms with Crippen LogP contribution in [0.15, 0.2) is 30.3 Å². The minimum Gasteiger partial charge on any atom is -0.396 e. The van der Waals surface area contributed by atoms with Gasteiger partial charge in [-0.25, -0.2) is 4.79 Å².